The van der Waals surface area contributed by atoms with Crippen LogP contribution in [0.25, 0.3) is 0 Å². The van der Waals surface area contributed by atoms with Gasteiger partial charge in [0.25, 0.3) is 0 Å². The van der Waals surface area contributed by atoms with Gasteiger partial charge in [0.15, 0.2) is 0 Å². The maximum Gasteiger partial charge on any atom is 0.147 e. The summed E-state index contributed by atoms with van der Waals surface area (Å²) in [5.41, 5.74) is 0. The lowest BCUT2D eigenvalue weighted by Crippen LogP contribution is -2.52. The molecular formula is C3H8NO2+. The highest BCUT2D eigenvalue weighted by atomic mass is 16.8. The van der Waals surface area contributed by atoms with Gasteiger partial charge in [0.05, 0.1) is 6.42 Å². The Morgan fingerprint density at radius 2 is 1.50 bits per heavy atom. The molecule has 0 bridgehead atoms. The molecular weight excluding hydrogens is 82.0 g/mol. The van der Waals surface area contributed by atoms with E-state index in [0.29, 0.717) is 13.1 Å². The molecule has 1 saturated heterocycles. The zero-order valence-electron chi connectivity index (χ0n) is 3.46. The molecule has 3 heteroatoms. The van der Waals surface area contributed by atoms with Crippen LogP contribution in [0.1, 0.15) is 6.42 Å². The lowest BCUT2D eigenvalue weighted by Gasteiger charge is -2.28. The molecule has 0 aromatic rings. The molecule has 36 valence electrons. The molecule has 0 spiro atoms. The molecule has 6 heavy (non-hydrogen) atoms. The van der Waals surface area contributed by atoms with Gasteiger partial charge in [0.2, 0.25) is 0 Å². The molecule has 1 heterocycles. The highest BCUT2D eigenvalue weighted by Gasteiger charge is 2.32. The highest BCUT2D eigenvalue weighted by molar-refractivity contribution is 4.38. The molecule has 0 aromatic carbocycles. The average molecular weight is 90.1 g/mol. The summed E-state index contributed by atoms with van der Waals surface area (Å²) < 4.78 is 0. The van der Waals surface area contributed by atoms with Gasteiger partial charge < -0.3 is 0 Å². The van der Waals surface area contributed by atoms with Crippen molar-refractivity contribution in [2.45, 2.75) is 6.42 Å². The summed E-state index contributed by atoms with van der Waals surface area (Å²) in [6.45, 7) is 1.00. The molecule has 2 N–H and O–H groups in total. The fourth-order valence-corrected chi connectivity index (χ4v) is 0.441. The van der Waals surface area contributed by atoms with Gasteiger partial charge in [-0.25, -0.2) is 0 Å². The minimum Gasteiger partial charge on any atom is -0.182 e. The van der Waals surface area contributed by atoms with E-state index in [-0.39, 0.29) is 0 Å². The van der Waals surface area contributed by atoms with Crippen LogP contribution in [0.2, 0.25) is 0 Å². The number of hydroxylamine groups is 4. The van der Waals surface area contributed by atoms with Crippen LogP contribution in [-0.4, -0.2) is 28.3 Å². The van der Waals surface area contributed by atoms with E-state index in [2.05, 4.69) is 0 Å². The Hall–Kier alpha value is -0.120. The summed E-state index contributed by atoms with van der Waals surface area (Å²) in [5, 5.41) is 16.8. The maximum absolute atomic E-state index is 8.41. The van der Waals surface area contributed by atoms with Crippen LogP contribution in [0.4, 0.5) is 0 Å². The third kappa shape index (κ3) is 0.518. The van der Waals surface area contributed by atoms with Crippen molar-refractivity contribution in [3.8, 4) is 0 Å². The van der Waals surface area contributed by atoms with Crippen molar-refractivity contribution in [1.29, 1.82) is 0 Å². The van der Waals surface area contributed by atoms with Crippen LogP contribution >= 0.6 is 0 Å². The van der Waals surface area contributed by atoms with Crippen molar-refractivity contribution in [2.75, 3.05) is 13.1 Å². The van der Waals surface area contributed by atoms with E-state index in [1.54, 1.807) is 0 Å². The first kappa shape index (κ1) is 4.05. The molecule has 0 aromatic heterocycles. The Labute approximate surface area is 35.9 Å². The van der Waals surface area contributed by atoms with Gasteiger partial charge in [0, 0.05) is 0 Å². The fraction of sp³-hybridized carbons (Fsp3) is 1.00. The molecule has 0 amide bonds. The van der Waals surface area contributed by atoms with Gasteiger partial charge in [-0.2, -0.15) is 10.4 Å². The first-order chi connectivity index (χ1) is 2.71. The normalized spacial score (nSPS) is 29.0. The first-order valence-corrected chi connectivity index (χ1v) is 2.03. The Kier molecular flexibility index (Phi) is 0.629. The number of rotatable bonds is 0. The van der Waals surface area contributed by atoms with E-state index in [1.165, 1.54) is 0 Å². The Morgan fingerprint density at radius 3 is 1.50 bits per heavy atom. The van der Waals surface area contributed by atoms with Gasteiger partial charge >= 0.3 is 0 Å². The highest BCUT2D eigenvalue weighted by Crippen LogP contribution is 2.09. The summed E-state index contributed by atoms with van der Waals surface area (Å²) in [7, 11) is 0. The SMILES string of the molecule is O[N+]1(O)CCC1. The Bertz CT molecular complexity index is 55.8. The second-order valence-electron chi connectivity index (χ2n) is 1.68. The lowest BCUT2D eigenvalue weighted by atomic mass is 10.3. The van der Waals surface area contributed by atoms with E-state index in [9.17, 15) is 0 Å². The van der Waals surface area contributed by atoms with Gasteiger partial charge in [-0.1, -0.05) is 0 Å². The van der Waals surface area contributed by atoms with Crippen molar-refractivity contribution in [1.82, 2.24) is 0 Å². The van der Waals surface area contributed by atoms with Crippen molar-refractivity contribution < 1.29 is 15.2 Å². The van der Waals surface area contributed by atoms with Crippen LogP contribution in [0, 0.1) is 0 Å². The third-order valence-corrected chi connectivity index (χ3v) is 1.03. The standard InChI is InChI=1S/C3H8NO2/c5-4(6)2-1-3-4/h5-6H,1-3H2/q+1. The van der Waals surface area contributed by atoms with Crippen molar-refractivity contribution in [2.24, 2.45) is 0 Å². The number of nitrogens with zero attached hydrogens (tertiary/aromatic N) is 1. The molecule has 1 fully saturated rings. The Balaban J connectivity index is 2.31. The molecule has 0 atom stereocenters. The van der Waals surface area contributed by atoms with Gasteiger partial charge in [-0.05, 0) is 4.81 Å². The molecule has 0 unspecified atom stereocenters. The zero-order valence-corrected chi connectivity index (χ0v) is 3.46. The maximum atomic E-state index is 8.41. The molecule has 3 nitrogen and oxygen atoms in total. The van der Waals surface area contributed by atoms with Crippen molar-refractivity contribution >= 4 is 0 Å². The second kappa shape index (κ2) is 0.932. The number of quaternary nitrogens is 1. The largest absolute Gasteiger partial charge is 0.182 e. The van der Waals surface area contributed by atoms with E-state index < -0.39 is 4.81 Å². The minimum atomic E-state index is -0.750. The van der Waals surface area contributed by atoms with E-state index in [0.717, 1.165) is 6.42 Å². The fourth-order valence-electron chi connectivity index (χ4n) is 0.441. The smallest absolute Gasteiger partial charge is 0.147 e. The second-order valence-corrected chi connectivity index (χ2v) is 1.68. The summed E-state index contributed by atoms with van der Waals surface area (Å²) in [4.78, 5) is -0.750. The van der Waals surface area contributed by atoms with E-state index >= 15 is 0 Å². The summed E-state index contributed by atoms with van der Waals surface area (Å²) >= 11 is 0. The quantitative estimate of drug-likeness (QED) is 0.410. The molecule has 0 saturated carbocycles. The molecule has 1 aliphatic heterocycles. The topological polar surface area (TPSA) is 40.5 Å². The number of hydrogen-bond acceptors (Lipinski definition) is 2. The molecule has 0 aliphatic carbocycles. The van der Waals surface area contributed by atoms with Crippen LogP contribution in [0.15, 0.2) is 0 Å². The van der Waals surface area contributed by atoms with Crippen LogP contribution in [-0.2, 0) is 0 Å². The zero-order chi connectivity index (χ0) is 4.62. The molecule has 0 radical (unpaired) electrons. The predicted octanol–water partition coefficient (Wildman–Crippen LogP) is -0.0147. The monoisotopic (exact) mass is 90.1 g/mol. The Morgan fingerprint density at radius 1 is 1.17 bits per heavy atom. The van der Waals surface area contributed by atoms with Crippen molar-refractivity contribution in [3.05, 3.63) is 0 Å². The molecule has 1 aliphatic rings. The van der Waals surface area contributed by atoms with Gasteiger partial charge in [0.1, 0.15) is 13.1 Å². The number of hydrogen-bond donors (Lipinski definition) is 2. The van der Waals surface area contributed by atoms with E-state index in [1.807, 2.05) is 0 Å². The van der Waals surface area contributed by atoms with Gasteiger partial charge in [-0.15, -0.1) is 0 Å². The van der Waals surface area contributed by atoms with Crippen LogP contribution in [0.5, 0.6) is 0 Å². The third-order valence-electron chi connectivity index (χ3n) is 1.03. The lowest BCUT2D eigenvalue weighted by molar-refractivity contribution is -1.27. The van der Waals surface area contributed by atoms with Crippen molar-refractivity contribution in [3.63, 3.8) is 0 Å². The molecule has 1 rings (SSSR count). The summed E-state index contributed by atoms with van der Waals surface area (Å²) in [6.07, 6.45) is 0.938. The van der Waals surface area contributed by atoms with Gasteiger partial charge in [-0.3, -0.25) is 0 Å². The van der Waals surface area contributed by atoms with E-state index in [4.69, 9.17) is 10.4 Å². The minimum absolute atomic E-state index is 0.500. The average Bonchev–Trinajstić information content (AvgIpc) is 1.32. The predicted molar refractivity (Wildman–Crippen MR) is 18.2 cm³/mol. The summed E-state index contributed by atoms with van der Waals surface area (Å²) in [5.74, 6) is 0. The first-order valence-electron chi connectivity index (χ1n) is 2.03. The van der Waals surface area contributed by atoms with Crippen LogP contribution < -0.4 is 0 Å². The summed E-state index contributed by atoms with van der Waals surface area (Å²) in [6, 6.07) is 0. The van der Waals surface area contributed by atoms with Crippen LogP contribution in [0.3, 0.4) is 0 Å².